The molecule has 0 saturated heterocycles. The van der Waals surface area contributed by atoms with E-state index in [0.29, 0.717) is 12.2 Å². The topological polar surface area (TPSA) is 80.0 Å². The second-order valence-corrected chi connectivity index (χ2v) is 5.80. The lowest BCUT2D eigenvalue weighted by molar-refractivity contribution is -0.125. The monoisotopic (exact) mass is 290 g/mol. The summed E-state index contributed by atoms with van der Waals surface area (Å²) in [6.45, 7) is 3.40. The molecule has 5 heteroatoms. The molecule has 4 N–H and O–H groups in total. The molecule has 0 unspecified atom stereocenters. The van der Waals surface area contributed by atoms with Gasteiger partial charge in [-0.1, -0.05) is 19.3 Å². The highest BCUT2D eigenvalue weighted by Gasteiger charge is 2.20. The molecule has 1 aliphatic carbocycles. The van der Waals surface area contributed by atoms with Gasteiger partial charge in [-0.2, -0.15) is 0 Å². The van der Waals surface area contributed by atoms with Crippen LogP contribution in [-0.2, 0) is 4.79 Å². The van der Waals surface area contributed by atoms with Crippen LogP contribution in [0.15, 0.2) is 12.1 Å². The minimum atomic E-state index is 0.225. The third-order valence-corrected chi connectivity index (χ3v) is 3.99. The van der Waals surface area contributed by atoms with Crippen LogP contribution in [0, 0.1) is 12.8 Å². The molecular formula is C16H26N4O. The maximum absolute atomic E-state index is 12.0. The van der Waals surface area contributed by atoms with Gasteiger partial charge in [-0.25, -0.2) is 4.98 Å². The Balaban J connectivity index is 1.63. The van der Waals surface area contributed by atoms with Crippen molar-refractivity contribution in [3.8, 4) is 0 Å². The van der Waals surface area contributed by atoms with Gasteiger partial charge in [-0.15, -0.1) is 0 Å². The van der Waals surface area contributed by atoms with Crippen molar-refractivity contribution >= 4 is 17.4 Å². The summed E-state index contributed by atoms with van der Waals surface area (Å²) in [5, 5.41) is 6.25. The number of nitrogen functional groups attached to an aromatic ring is 1. The molecule has 21 heavy (non-hydrogen) atoms. The average molecular weight is 290 g/mol. The minimum Gasteiger partial charge on any atom is -0.396 e. The van der Waals surface area contributed by atoms with Gasteiger partial charge in [0.1, 0.15) is 5.82 Å². The Kier molecular flexibility index (Phi) is 5.84. The van der Waals surface area contributed by atoms with Gasteiger partial charge < -0.3 is 16.4 Å². The molecule has 0 atom stereocenters. The molecule has 0 aliphatic heterocycles. The van der Waals surface area contributed by atoms with Gasteiger partial charge in [0.05, 0.1) is 5.69 Å². The second kappa shape index (κ2) is 7.86. The number of anilines is 2. The fraction of sp³-hybridized carbons (Fsp3) is 0.625. The number of carbonyl (C=O) groups excluding carboxylic acids is 1. The zero-order chi connectivity index (χ0) is 15.1. The molecule has 1 aromatic heterocycles. The second-order valence-electron chi connectivity index (χ2n) is 5.80. The van der Waals surface area contributed by atoms with Gasteiger partial charge in [0.15, 0.2) is 0 Å². The van der Waals surface area contributed by atoms with Crippen LogP contribution in [0.2, 0.25) is 0 Å². The lowest BCUT2D eigenvalue weighted by Gasteiger charge is -2.20. The summed E-state index contributed by atoms with van der Waals surface area (Å²) in [4.78, 5) is 16.3. The van der Waals surface area contributed by atoms with Crippen molar-refractivity contribution in [2.45, 2.75) is 45.4 Å². The van der Waals surface area contributed by atoms with Crippen LogP contribution in [0.3, 0.4) is 0 Å². The number of nitrogens with one attached hydrogen (secondary N) is 2. The lowest BCUT2D eigenvalue weighted by atomic mass is 9.89. The number of nitrogens with zero attached hydrogens (tertiary/aromatic N) is 1. The summed E-state index contributed by atoms with van der Waals surface area (Å²) in [6, 6.07) is 3.75. The molecule has 1 amide bonds. The van der Waals surface area contributed by atoms with Crippen LogP contribution in [0.25, 0.3) is 0 Å². The summed E-state index contributed by atoms with van der Waals surface area (Å²) in [6.07, 6.45) is 6.63. The normalized spacial score (nSPS) is 15.7. The lowest BCUT2D eigenvalue weighted by Crippen LogP contribution is -2.33. The Hall–Kier alpha value is -1.78. The zero-order valence-electron chi connectivity index (χ0n) is 12.8. The first-order chi connectivity index (χ1) is 10.2. The number of nitrogens with two attached hydrogens (primary N) is 1. The standard InChI is InChI=1S/C16H26N4O/c1-12-8-9-14(17)15(20-12)18-10-5-11-19-16(21)13-6-3-2-4-7-13/h8-9,13H,2-7,10-11,17H2,1H3,(H,18,20)(H,19,21). The van der Waals surface area contributed by atoms with E-state index in [1.54, 1.807) is 0 Å². The Morgan fingerprint density at radius 2 is 2.05 bits per heavy atom. The Bertz CT molecular complexity index is 469. The van der Waals surface area contributed by atoms with Crippen LogP contribution < -0.4 is 16.4 Å². The third kappa shape index (κ3) is 4.92. The third-order valence-electron chi connectivity index (χ3n) is 3.99. The first kappa shape index (κ1) is 15.6. The Morgan fingerprint density at radius 3 is 2.81 bits per heavy atom. The summed E-state index contributed by atoms with van der Waals surface area (Å²) in [5.74, 6) is 1.19. The minimum absolute atomic E-state index is 0.225. The van der Waals surface area contributed by atoms with E-state index in [2.05, 4.69) is 15.6 Å². The van der Waals surface area contributed by atoms with Crippen molar-refractivity contribution in [1.82, 2.24) is 10.3 Å². The number of amides is 1. The Labute approximate surface area is 126 Å². The number of carbonyl (C=O) groups is 1. The maximum atomic E-state index is 12.0. The van der Waals surface area contributed by atoms with Crippen LogP contribution in [0.4, 0.5) is 11.5 Å². The fourth-order valence-corrected chi connectivity index (χ4v) is 2.72. The molecule has 1 fully saturated rings. The quantitative estimate of drug-likeness (QED) is 0.703. The van der Waals surface area contributed by atoms with Crippen molar-refractivity contribution in [2.75, 3.05) is 24.1 Å². The molecule has 0 spiro atoms. The van der Waals surface area contributed by atoms with Crippen LogP contribution in [0.5, 0.6) is 0 Å². The van der Waals surface area contributed by atoms with E-state index in [1.165, 1.54) is 19.3 Å². The van der Waals surface area contributed by atoms with Crippen LogP contribution in [0.1, 0.15) is 44.2 Å². The van der Waals surface area contributed by atoms with E-state index < -0.39 is 0 Å². The SMILES string of the molecule is Cc1ccc(N)c(NCCCNC(=O)C2CCCCC2)n1. The largest absolute Gasteiger partial charge is 0.396 e. The van der Waals surface area contributed by atoms with Crippen LogP contribution in [-0.4, -0.2) is 24.0 Å². The van der Waals surface area contributed by atoms with E-state index >= 15 is 0 Å². The average Bonchev–Trinajstić information content (AvgIpc) is 2.51. The first-order valence-corrected chi connectivity index (χ1v) is 7.91. The molecule has 5 nitrogen and oxygen atoms in total. The molecule has 116 valence electrons. The molecule has 2 rings (SSSR count). The van der Waals surface area contributed by atoms with Gasteiger partial charge in [0, 0.05) is 24.7 Å². The molecule has 0 aromatic carbocycles. The number of aryl methyl sites for hydroxylation is 1. The molecular weight excluding hydrogens is 264 g/mol. The van der Waals surface area contributed by atoms with E-state index in [-0.39, 0.29) is 11.8 Å². The maximum Gasteiger partial charge on any atom is 0.223 e. The number of hydrogen-bond acceptors (Lipinski definition) is 4. The van der Waals surface area contributed by atoms with Crippen molar-refractivity contribution in [3.05, 3.63) is 17.8 Å². The molecule has 1 aliphatic rings. The predicted molar refractivity (Wildman–Crippen MR) is 86.1 cm³/mol. The molecule has 1 heterocycles. The van der Waals surface area contributed by atoms with Gasteiger partial charge in [0.2, 0.25) is 5.91 Å². The number of pyridine rings is 1. The van der Waals surface area contributed by atoms with Crippen molar-refractivity contribution in [3.63, 3.8) is 0 Å². The van der Waals surface area contributed by atoms with Crippen LogP contribution >= 0.6 is 0 Å². The molecule has 1 saturated carbocycles. The Morgan fingerprint density at radius 1 is 1.29 bits per heavy atom. The first-order valence-electron chi connectivity index (χ1n) is 7.91. The predicted octanol–water partition coefficient (Wildman–Crippen LogP) is 2.47. The highest BCUT2D eigenvalue weighted by atomic mass is 16.1. The molecule has 0 bridgehead atoms. The van der Waals surface area contributed by atoms with Crippen molar-refractivity contribution in [1.29, 1.82) is 0 Å². The van der Waals surface area contributed by atoms with E-state index in [1.807, 2.05) is 19.1 Å². The molecule has 1 aromatic rings. The number of hydrogen-bond donors (Lipinski definition) is 3. The van der Waals surface area contributed by atoms with Crippen molar-refractivity contribution < 1.29 is 4.79 Å². The van der Waals surface area contributed by atoms with E-state index in [9.17, 15) is 4.79 Å². The fourth-order valence-electron chi connectivity index (χ4n) is 2.72. The number of aromatic nitrogens is 1. The van der Waals surface area contributed by atoms with Crippen molar-refractivity contribution in [2.24, 2.45) is 5.92 Å². The smallest absolute Gasteiger partial charge is 0.223 e. The highest BCUT2D eigenvalue weighted by Crippen LogP contribution is 2.23. The summed E-state index contributed by atoms with van der Waals surface area (Å²) in [5.41, 5.74) is 7.46. The summed E-state index contributed by atoms with van der Waals surface area (Å²) in [7, 11) is 0. The van der Waals surface area contributed by atoms with E-state index in [0.717, 1.165) is 37.3 Å². The molecule has 0 radical (unpaired) electrons. The summed E-state index contributed by atoms with van der Waals surface area (Å²) < 4.78 is 0. The zero-order valence-corrected chi connectivity index (χ0v) is 12.8. The summed E-state index contributed by atoms with van der Waals surface area (Å²) >= 11 is 0. The van der Waals surface area contributed by atoms with Gasteiger partial charge >= 0.3 is 0 Å². The van der Waals surface area contributed by atoms with Gasteiger partial charge in [-0.3, -0.25) is 4.79 Å². The van der Waals surface area contributed by atoms with Gasteiger partial charge in [0.25, 0.3) is 0 Å². The highest BCUT2D eigenvalue weighted by molar-refractivity contribution is 5.78. The van der Waals surface area contributed by atoms with E-state index in [4.69, 9.17) is 5.73 Å². The number of rotatable bonds is 6. The van der Waals surface area contributed by atoms with Gasteiger partial charge in [-0.05, 0) is 38.3 Å².